The van der Waals surface area contributed by atoms with Crippen molar-refractivity contribution in [2.45, 2.75) is 95.9 Å². The fraction of sp³-hybridized carbons (Fsp3) is 0.250. The van der Waals surface area contributed by atoms with Gasteiger partial charge in [0.05, 0.1) is 11.4 Å². The zero-order valence-electron chi connectivity index (χ0n) is 36.9. The normalized spacial score (nSPS) is 11.7. The maximum atomic E-state index is 2.52. The average molecular weight is 759 g/mol. The number of hydrogen-bond acceptors (Lipinski definition) is 2. The quantitative estimate of drug-likeness (QED) is 0.149. The molecular weight excluding hydrogens is 701 g/mol. The van der Waals surface area contributed by atoms with Crippen LogP contribution < -0.4 is 9.80 Å². The smallest absolute Gasteiger partial charge is 0.0546 e. The van der Waals surface area contributed by atoms with Gasteiger partial charge in [0.15, 0.2) is 0 Å². The van der Waals surface area contributed by atoms with E-state index in [1.54, 1.807) is 0 Å². The lowest BCUT2D eigenvalue weighted by molar-refractivity contribution is 0.869. The van der Waals surface area contributed by atoms with E-state index in [2.05, 4.69) is 209 Å². The zero-order chi connectivity index (χ0) is 41.3. The minimum atomic E-state index is 0.385. The second kappa shape index (κ2) is 14.8. The molecule has 0 amide bonds. The lowest BCUT2D eigenvalue weighted by Gasteiger charge is -2.31. The van der Waals surface area contributed by atoms with Gasteiger partial charge in [-0.2, -0.15) is 0 Å². The van der Waals surface area contributed by atoms with Crippen LogP contribution in [-0.4, -0.2) is 0 Å². The third kappa shape index (κ3) is 6.73. The molecule has 0 aliphatic carbocycles. The minimum Gasteiger partial charge on any atom is -0.310 e. The molecule has 0 radical (unpaired) electrons. The molecule has 0 heterocycles. The summed E-state index contributed by atoms with van der Waals surface area (Å²) in [5, 5.41) is 7.51. The number of rotatable bonds is 7. The van der Waals surface area contributed by atoms with Crippen LogP contribution >= 0.6 is 0 Å². The van der Waals surface area contributed by atoms with Gasteiger partial charge in [-0.05, 0) is 238 Å². The van der Waals surface area contributed by atoms with E-state index in [9.17, 15) is 0 Å². The average Bonchev–Trinajstić information content (AvgIpc) is 3.18. The van der Waals surface area contributed by atoms with Crippen LogP contribution in [0.2, 0.25) is 0 Å². The summed E-state index contributed by atoms with van der Waals surface area (Å²) in [4.78, 5) is 5.03. The number of anilines is 6. The van der Waals surface area contributed by atoms with E-state index in [1.165, 1.54) is 133 Å². The van der Waals surface area contributed by atoms with Crippen molar-refractivity contribution >= 4 is 66.4 Å². The SMILES string of the molecule is Cc1ccc2c(c1)c(N(c1ccc(C)c(C)c1)c1cc(C)c(C)c(C)c1)cc1c3ccc(C(C)C)cc3c(N(c3ccc(C)c(C)c3)c3cc(C)c(C)c(C)c3)cc21. The van der Waals surface area contributed by atoms with Crippen molar-refractivity contribution in [1.82, 2.24) is 0 Å². The van der Waals surface area contributed by atoms with Crippen LogP contribution in [0.5, 0.6) is 0 Å². The highest BCUT2D eigenvalue weighted by molar-refractivity contribution is 6.24. The molecule has 0 saturated carbocycles. The first-order valence-electron chi connectivity index (χ1n) is 21.0. The van der Waals surface area contributed by atoms with E-state index in [-0.39, 0.29) is 0 Å². The second-order valence-electron chi connectivity index (χ2n) is 17.5. The van der Waals surface area contributed by atoms with Gasteiger partial charge in [-0.3, -0.25) is 0 Å². The van der Waals surface area contributed by atoms with Gasteiger partial charge in [-0.25, -0.2) is 0 Å². The number of hydrogen-bond donors (Lipinski definition) is 0. The molecular formula is C56H58N2. The number of benzene rings is 8. The molecule has 58 heavy (non-hydrogen) atoms. The van der Waals surface area contributed by atoms with E-state index in [1.807, 2.05) is 0 Å². The molecule has 0 aromatic heterocycles. The Balaban J connectivity index is 1.54. The van der Waals surface area contributed by atoms with Crippen molar-refractivity contribution in [3.05, 3.63) is 176 Å². The van der Waals surface area contributed by atoms with E-state index in [4.69, 9.17) is 0 Å². The highest BCUT2D eigenvalue weighted by Crippen LogP contribution is 2.49. The first-order valence-corrected chi connectivity index (χ1v) is 21.0. The summed E-state index contributed by atoms with van der Waals surface area (Å²) in [5.74, 6) is 0.385. The summed E-state index contributed by atoms with van der Waals surface area (Å²) in [7, 11) is 0. The molecule has 2 nitrogen and oxygen atoms in total. The van der Waals surface area contributed by atoms with Gasteiger partial charge in [-0.1, -0.05) is 55.8 Å². The van der Waals surface area contributed by atoms with Crippen LogP contribution in [0.15, 0.2) is 109 Å². The van der Waals surface area contributed by atoms with Gasteiger partial charge in [0, 0.05) is 33.5 Å². The Kier molecular flexibility index (Phi) is 9.96. The van der Waals surface area contributed by atoms with Crippen LogP contribution in [0.25, 0.3) is 32.3 Å². The van der Waals surface area contributed by atoms with Crippen molar-refractivity contribution in [2.24, 2.45) is 0 Å². The summed E-state index contributed by atoms with van der Waals surface area (Å²) in [6.07, 6.45) is 0. The topological polar surface area (TPSA) is 6.48 Å². The monoisotopic (exact) mass is 758 g/mol. The maximum absolute atomic E-state index is 2.52. The standard InChI is InChI=1S/C56H58N2/c1-32(2)44-17-21-50-52-30-55(57(45-18-15-34(4)36(6)23-45)47-25-38(8)42(12)39(9)26-47)53-22-33(3)14-20-49(53)51(52)31-56(54(50)29-44)58(46-19-16-35(5)37(7)24-46)48-27-40(10)43(13)41(11)28-48/h14-32H,1-13H3. The zero-order valence-corrected chi connectivity index (χ0v) is 36.9. The highest BCUT2D eigenvalue weighted by atomic mass is 15.2. The van der Waals surface area contributed by atoms with Gasteiger partial charge in [0.25, 0.3) is 0 Å². The summed E-state index contributed by atoms with van der Waals surface area (Å²) in [5.41, 5.74) is 22.7. The van der Waals surface area contributed by atoms with Crippen molar-refractivity contribution < 1.29 is 0 Å². The van der Waals surface area contributed by atoms with Crippen molar-refractivity contribution in [3.63, 3.8) is 0 Å². The lowest BCUT2D eigenvalue weighted by Crippen LogP contribution is -2.13. The molecule has 0 aliphatic rings. The number of aryl methyl sites for hydroxylation is 9. The summed E-state index contributed by atoms with van der Waals surface area (Å²) in [6, 6.07) is 42.5. The maximum Gasteiger partial charge on any atom is 0.0546 e. The Labute approximate surface area is 346 Å². The Morgan fingerprint density at radius 1 is 0.310 bits per heavy atom. The molecule has 8 aromatic carbocycles. The first kappa shape index (κ1) is 39.0. The Morgan fingerprint density at radius 3 is 1.12 bits per heavy atom. The number of nitrogens with zero attached hydrogens (tertiary/aromatic N) is 2. The predicted molar refractivity (Wildman–Crippen MR) is 255 cm³/mol. The summed E-state index contributed by atoms with van der Waals surface area (Å²) in [6.45, 7) is 29.1. The fourth-order valence-corrected chi connectivity index (χ4v) is 8.74. The van der Waals surface area contributed by atoms with Gasteiger partial charge in [0.1, 0.15) is 0 Å². The molecule has 0 N–H and O–H groups in total. The third-order valence-corrected chi connectivity index (χ3v) is 13.2. The molecule has 0 atom stereocenters. The Bertz CT molecular complexity index is 2900. The van der Waals surface area contributed by atoms with Crippen LogP contribution in [-0.2, 0) is 0 Å². The van der Waals surface area contributed by atoms with Crippen LogP contribution in [0.4, 0.5) is 34.1 Å². The minimum absolute atomic E-state index is 0.385. The molecule has 0 bridgehead atoms. The molecule has 8 rings (SSSR count). The van der Waals surface area contributed by atoms with E-state index >= 15 is 0 Å². The molecule has 0 saturated heterocycles. The largest absolute Gasteiger partial charge is 0.310 e. The fourth-order valence-electron chi connectivity index (χ4n) is 8.74. The van der Waals surface area contributed by atoms with Gasteiger partial charge in [-0.15, -0.1) is 0 Å². The van der Waals surface area contributed by atoms with Crippen LogP contribution in [0.3, 0.4) is 0 Å². The summed E-state index contributed by atoms with van der Waals surface area (Å²) < 4.78 is 0. The van der Waals surface area contributed by atoms with Gasteiger partial charge >= 0.3 is 0 Å². The molecule has 8 aromatic rings. The van der Waals surface area contributed by atoms with E-state index in [0.717, 1.165) is 0 Å². The third-order valence-electron chi connectivity index (χ3n) is 13.2. The van der Waals surface area contributed by atoms with Crippen molar-refractivity contribution in [1.29, 1.82) is 0 Å². The number of fused-ring (bicyclic) bond motifs is 5. The van der Waals surface area contributed by atoms with Crippen LogP contribution in [0.1, 0.15) is 86.5 Å². The van der Waals surface area contributed by atoms with Crippen molar-refractivity contribution in [3.8, 4) is 0 Å². The van der Waals surface area contributed by atoms with E-state index < -0.39 is 0 Å². The van der Waals surface area contributed by atoms with Gasteiger partial charge in [0.2, 0.25) is 0 Å². The van der Waals surface area contributed by atoms with Crippen molar-refractivity contribution in [2.75, 3.05) is 9.80 Å². The second-order valence-corrected chi connectivity index (χ2v) is 17.5. The Morgan fingerprint density at radius 2 is 0.707 bits per heavy atom. The summed E-state index contributed by atoms with van der Waals surface area (Å²) >= 11 is 0. The molecule has 0 spiro atoms. The lowest BCUT2D eigenvalue weighted by atomic mass is 9.90. The molecule has 0 aliphatic heterocycles. The first-order chi connectivity index (χ1) is 27.6. The highest BCUT2D eigenvalue weighted by Gasteiger charge is 2.24. The van der Waals surface area contributed by atoms with Gasteiger partial charge < -0.3 is 9.80 Å². The molecule has 0 unspecified atom stereocenters. The molecule has 0 fully saturated rings. The molecule has 2 heteroatoms. The van der Waals surface area contributed by atoms with Crippen LogP contribution in [0, 0.1) is 76.2 Å². The van der Waals surface area contributed by atoms with E-state index in [0.29, 0.717) is 5.92 Å². The Hall–Kier alpha value is -5.86. The predicted octanol–water partition coefficient (Wildman–Crippen LogP) is 16.6. The molecule has 292 valence electrons.